The smallest absolute Gasteiger partial charge is 0.343 e. The molecule has 2 aliphatic carbocycles. The van der Waals surface area contributed by atoms with Crippen LogP contribution in [-0.2, 0) is 21.4 Å². The number of halogens is 7. The molecule has 5 atom stereocenters. The zero-order valence-corrected chi connectivity index (χ0v) is 14.9. The second kappa shape index (κ2) is 6.10. The largest absolute Gasteiger partial charge is 0.435 e. The van der Waals surface area contributed by atoms with Crippen molar-refractivity contribution >= 4 is 15.9 Å². The lowest BCUT2D eigenvalue weighted by atomic mass is 9.90. The molecule has 11 heteroatoms. The summed E-state index contributed by atoms with van der Waals surface area (Å²) >= 11 is 3.31. The van der Waals surface area contributed by atoms with Crippen LogP contribution >= 0.6 is 15.9 Å². The highest BCUT2D eigenvalue weighted by atomic mass is 79.9. The van der Waals surface area contributed by atoms with Crippen molar-refractivity contribution in [2.45, 2.75) is 60.6 Å². The van der Waals surface area contributed by atoms with Gasteiger partial charge in [0.2, 0.25) is 0 Å². The zero-order valence-electron chi connectivity index (χ0n) is 13.3. The number of fused-ring (bicyclic) bond motifs is 2. The van der Waals surface area contributed by atoms with Gasteiger partial charge in [-0.2, -0.15) is 18.3 Å². The summed E-state index contributed by atoms with van der Waals surface area (Å²) in [6.07, 6.45) is -12.1. The first-order chi connectivity index (χ1) is 12.1. The molecule has 3 unspecified atom stereocenters. The van der Waals surface area contributed by atoms with Crippen LogP contribution in [0.3, 0.4) is 0 Å². The molecule has 1 spiro atoms. The van der Waals surface area contributed by atoms with E-state index < -0.39 is 59.9 Å². The van der Waals surface area contributed by atoms with E-state index in [-0.39, 0.29) is 30.9 Å². The summed E-state index contributed by atoms with van der Waals surface area (Å²) in [5, 5.41) is 3.64. The maximum atomic E-state index is 13.8. The molecule has 0 aromatic carbocycles. The molecule has 0 bridgehead atoms. The van der Waals surface area contributed by atoms with Gasteiger partial charge in [0.15, 0.2) is 17.7 Å². The second-order valence-corrected chi connectivity index (χ2v) is 7.88. The number of rotatable bonds is 1. The molecular formula is C15H15BrF6N2O2. The molecule has 2 heterocycles. The Balaban J connectivity index is 1.83. The van der Waals surface area contributed by atoms with Crippen LogP contribution in [0.4, 0.5) is 26.3 Å². The van der Waals surface area contributed by atoms with E-state index >= 15 is 0 Å². The summed E-state index contributed by atoms with van der Waals surface area (Å²) in [5.74, 6) is -1.58. The molecular weight excluding hydrogens is 434 g/mol. The summed E-state index contributed by atoms with van der Waals surface area (Å²) in [5.41, 5.74) is -1.32. The summed E-state index contributed by atoms with van der Waals surface area (Å²) in [6.45, 7) is 0.265. The highest BCUT2D eigenvalue weighted by Gasteiger charge is 2.57. The molecule has 0 N–H and O–H groups in total. The Morgan fingerprint density at radius 2 is 1.65 bits per heavy atom. The van der Waals surface area contributed by atoms with Crippen molar-refractivity contribution in [2.24, 2.45) is 0 Å². The van der Waals surface area contributed by atoms with Crippen LogP contribution < -0.4 is 0 Å². The van der Waals surface area contributed by atoms with E-state index in [1.54, 1.807) is 0 Å². The predicted octanol–water partition coefficient (Wildman–Crippen LogP) is 4.29. The number of alkyl halides is 7. The van der Waals surface area contributed by atoms with Gasteiger partial charge in [-0.1, -0.05) is 15.9 Å². The van der Waals surface area contributed by atoms with Crippen LogP contribution in [0.2, 0.25) is 0 Å². The van der Waals surface area contributed by atoms with E-state index in [0.717, 1.165) is 4.68 Å². The number of nitrogens with zero attached hydrogens (tertiary/aromatic N) is 2. The number of aromatic nitrogens is 2. The Morgan fingerprint density at radius 1 is 1.08 bits per heavy atom. The van der Waals surface area contributed by atoms with Gasteiger partial charge in [0, 0.05) is 19.3 Å². The molecule has 2 fully saturated rings. The maximum Gasteiger partial charge on any atom is 0.435 e. The van der Waals surface area contributed by atoms with Crippen LogP contribution in [0.1, 0.15) is 47.1 Å². The molecule has 1 aliphatic heterocycles. The fourth-order valence-corrected chi connectivity index (χ4v) is 4.92. The number of ether oxygens (including phenoxy) is 2. The average Bonchev–Trinajstić information content (AvgIpc) is 3.22. The minimum absolute atomic E-state index is 0.0832. The van der Waals surface area contributed by atoms with Gasteiger partial charge in [0.1, 0.15) is 12.3 Å². The van der Waals surface area contributed by atoms with Crippen molar-refractivity contribution in [1.82, 2.24) is 9.78 Å². The van der Waals surface area contributed by atoms with Crippen molar-refractivity contribution in [3.63, 3.8) is 0 Å². The summed E-state index contributed by atoms with van der Waals surface area (Å²) in [6, 6.07) is -1.02. The van der Waals surface area contributed by atoms with Crippen LogP contribution in [0.5, 0.6) is 0 Å². The molecule has 1 saturated heterocycles. The van der Waals surface area contributed by atoms with Gasteiger partial charge in [-0.3, -0.25) is 4.68 Å². The van der Waals surface area contributed by atoms with E-state index in [1.807, 2.05) is 0 Å². The summed E-state index contributed by atoms with van der Waals surface area (Å²) in [7, 11) is 0. The summed E-state index contributed by atoms with van der Waals surface area (Å²) in [4.78, 5) is -0.599. The quantitative estimate of drug-likeness (QED) is 0.474. The Morgan fingerprint density at radius 3 is 2.19 bits per heavy atom. The van der Waals surface area contributed by atoms with E-state index in [2.05, 4.69) is 21.0 Å². The van der Waals surface area contributed by atoms with Gasteiger partial charge < -0.3 is 9.47 Å². The fraction of sp³-hybridized carbons (Fsp3) is 0.800. The van der Waals surface area contributed by atoms with Crippen LogP contribution in [0.15, 0.2) is 0 Å². The maximum absolute atomic E-state index is 13.8. The lowest BCUT2D eigenvalue weighted by Gasteiger charge is -2.31. The first-order valence-electron chi connectivity index (χ1n) is 8.18. The minimum atomic E-state index is -4.80. The third-order valence-electron chi connectivity index (χ3n) is 5.13. The molecule has 1 saturated carbocycles. The lowest BCUT2D eigenvalue weighted by molar-refractivity contribution is -0.176. The molecule has 0 radical (unpaired) electrons. The van der Waals surface area contributed by atoms with Gasteiger partial charge in [0.25, 0.3) is 0 Å². The molecule has 4 rings (SSSR count). The van der Waals surface area contributed by atoms with Crippen LogP contribution in [0, 0.1) is 0 Å². The normalized spacial score (nSPS) is 36.7. The number of hydrogen-bond donors (Lipinski definition) is 0. The predicted molar refractivity (Wildman–Crippen MR) is 80.1 cm³/mol. The Kier molecular flexibility index (Phi) is 4.35. The van der Waals surface area contributed by atoms with E-state index in [4.69, 9.17) is 9.47 Å². The fourth-order valence-electron chi connectivity index (χ4n) is 4.05. The molecule has 0 amide bonds. The van der Waals surface area contributed by atoms with E-state index in [9.17, 15) is 26.3 Å². The first-order valence-corrected chi connectivity index (χ1v) is 9.10. The lowest BCUT2D eigenvalue weighted by Crippen LogP contribution is -2.38. The zero-order chi connectivity index (χ0) is 18.9. The molecule has 1 aromatic heterocycles. The Labute approximate surface area is 152 Å². The van der Waals surface area contributed by atoms with Crippen molar-refractivity contribution in [3.05, 3.63) is 17.0 Å². The molecule has 146 valence electrons. The SMILES string of the molecule is FC1[C@H](F)CC(n2nc(C(F)(F)F)c3c2C(Br)CC32OCCO2)C[C@@H]1F. The second-order valence-electron chi connectivity index (χ2n) is 6.77. The van der Waals surface area contributed by atoms with Gasteiger partial charge >= 0.3 is 6.18 Å². The van der Waals surface area contributed by atoms with Crippen molar-refractivity contribution in [1.29, 1.82) is 0 Å². The Hall–Kier alpha value is -0.810. The molecule has 1 aromatic rings. The highest BCUT2D eigenvalue weighted by molar-refractivity contribution is 9.09. The average molecular weight is 449 g/mol. The molecule has 4 nitrogen and oxygen atoms in total. The van der Waals surface area contributed by atoms with E-state index in [1.165, 1.54) is 0 Å². The summed E-state index contributed by atoms with van der Waals surface area (Å²) < 4.78 is 93.8. The van der Waals surface area contributed by atoms with Gasteiger partial charge in [-0.25, -0.2) is 13.2 Å². The number of hydrogen-bond acceptors (Lipinski definition) is 3. The van der Waals surface area contributed by atoms with Crippen molar-refractivity contribution in [2.75, 3.05) is 13.2 Å². The topological polar surface area (TPSA) is 36.3 Å². The van der Waals surface area contributed by atoms with Gasteiger partial charge in [-0.15, -0.1) is 0 Å². The van der Waals surface area contributed by atoms with Crippen LogP contribution in [0.25, 0.3) is 0 Å². The van der Waals surface area contributed by atoms with Gasteiger partial charge in [0.05, 0.1) is 35.3 Å². The van der Waals surface area contributed by atoms with E-state index in [0.29, 0.717) is 0 Å². The monoisotopic (exact) mass is 448 g/mol. The Bertz CT molecular complexity index is 693. The molecule has 3 aliphatic rings. The third-order valence-corrected chi connectivity index (χ3v) is 5.88. The third kappa shape index (κ3) is 2.69. The van der Waals surface area contributed by atoms with Gasteiger partial charge in [-0.05, 0) is 0 Å². The standard InChI is InChI=1S/C15H15BrF6N2O2/c16-7-5-14(25-1-2-26-14)10-12(7)24(23-13(10)15(20,21)22)6-3-8(17)11(19)9(18)4-6/h6-9,11H,1-5H2/t6?,7?,8-,9+,11?. The first kappa shape index (κ1) is 18.5. The van der Waals surface area contributed by atoms with Crippen molar-refractivity contribution < 1.29 is 35.8 Å². The molecule has 26 heavy (non-hydrogen) atoms. The highest BCUT2D eigenvalue weighted by Crippen LogP contribution is 2.56. The minimum Gasteiger partial charge on any atom is -0.343 e. The van der Waals surface area contributed by atoms with Crippen molar-refractivity contribution in [3.8, 4) is 0 Å². The van der Waals surface area contributed by atoms with Crippen LogP contribution in [-0.4, -0.2) is 41.5 Å².